The molecule has 1 amide bonds. The molecule has 0 aliphatic carbocycles. The fourth-order valence-electron chi connectivity index (χ4n) is 3.26. The van der Waals surface area contributed by atoms with Crippen molar-refractivity contribution in [1.82, 2.24) is 8.75 Å². The fourth-order valence-corrected chi connectivity index (χ4v) is 11.4. The van der Waals surface area contributed by atoms with Gasteiger partial charge in [0.1, 0.15) is 6.20 Å². The summed E-state index contributed by atoms with van der Waals surface area (Å²) in [6, 6.07) is 4.91. The third-order valence-corrected chi connectivity index (χ3v) is 15.4. The molecule has 4 rings (SSSR count). The number of amides is 1. The van der Waals surface area contributed by atoms with Crippen LogP contribution in [0.5, 0.6) is 5.88 Å². The number of benzene rings is 1. The predicted octanol–water partition coefficient (Wildman–Crippen LogP) is 1.14. The van der Waals surface area contributed by atoms with Crippen molar-refractivity contribution >= 4 is 50.0 Å². The fraction of sp³-hybridized carbons (Fsp3) is 0.300. The summed E-state index contributed by atoms with van der Waals surface area (Å²) in [5, 5.41) is 0. The van der Waals surface area contributed by atoms with Crippen LogP contribution in [-0.4, -0.2) is 51.2 Å². The molecule has 1 aromatic heterocycles. The van der Waals surface area contributed by atoms with Gasteiger partial charge in [-0.15, -0.1) is 4.37 Å². The molecule has 1 fully saturated rings. The Kier molecular flexibility index (Phi) is 7.53. The number of hydrogen-bond donors (Lipinski definition) is 0. The monoisotopic (exact) mass is 669 g/mol. The van der Waals surface area contributed by atoms with Crippen LogP contribution in [0.25, 0.3) is 0 Å². The summed E-state index contributed by atoms with van der Waals surface area (Å²) >= 11 is 1.19. The van der Waals surface area contributed by atoms with Gasteiger partial charge in [0.15, 0.2) is 0 Å². The third kappa shape index (κ3) is 5.25. The Morgan fingerprint density at radius 2 is 2.35 bits per heavy atom. The first-order chi connectivity index (χ1) is 15.1. The Bertz CT molecular complexity index is 1030. The Labute approximate surface area is 200 Å². The molecule has 166 valence electrons. The molecule has 2 aromatic rings. The molecule has 7 nitrogen and oxygen atoms in total. The average Bonchev–Trinajstić information content (AvgIpc) is 3.50. The summed E-state index contributed by atoms with van der Waals surface area (Å²) in [5.41, 5.74) is 2.25. The molecular formula is C20H20FI2N4O3S-. The minimum absolute atomic E-state index is 0.0120. The van der Waals surface area contributed by atoms with Crippen molar-refractivity contribution in [3.05, 3.63) is 52.0 Å². The molecule has 1 saturated heterocycles. The first kappa shape index (κ1) is 22.6. The van der Waals surface area contributed by atoms with Gasteiger partial charge >= 0.3 is 169 Å². The molecular weight excluding hydrogens is 649 g/mol. The number of halogens is 3. The van der Waals surface area contributed by atoms with Crippen molar-refractivity contribution in [2.45, 2.75) is 13.0 Å². The number of aromatic nitrogens is 2. The Morgan fingerprint density at radius 1 is 1.48 bits per heavy atom. The molecule has 0 bridgehead atoms. The van der Waals surface area contributed by atoms with Crippen molar-refractivity contribution in [3.8, 4) is 5.88 Å². The molecule has 0 N–H and O–H groups in total. The van der Waals surface area contributed by atoms with E-state index in [1.807, 2.05) is 11.0 Å². The molecule has 0 unspecified atom stereocenters. The average molecular weight is 669 g/mol. The summed E-state index contributed by atoms with van der Waals surface area (Å²) in [5.74, 6) is 0.0481. The molecule has 0 radical (unpaired) electrons. The number of rotatable bonds is 8. The summed E-state index contributed by atoms with van der Waals surface area (Å²) in [6.45, 7) is 7.94. The van der Waals surface area contributed by atoms with Crippen molar-refractivity contribution in [3.63, 3.8) is 0 Å². The maximum absolute atomic E-state index is 15.0. The molecule has 1 aromatic carbocycles. The number of carbonyl (C=O) groups is 1. The number of nitrogens with zero attached hydrogens (tertiary/aromatic N) is 4. The molecule has 1 atom stereocenters. The Balaban J connectivity index is 1.42. The zero-order chi connectivity index (χ0) is 21.8. The zero-order valence-electron chi connectivity index (χ0n) is 16.6. The van der Waals surface area contributed by atoms with Crippen LogP contribution in [0.3, 0.4) is 0 Å². The van der Waals surface area contributed by atoms with E-state index in [-0.39, 0.29) is 53.0 Å². The Morgan fingerprint density at radius 3 is 3.06 bits per heavy atom. The number of carbonyl (C=O) groups excluding carboxylic acids is 1. The number of anilines is 2. The van der Waals surface area contributed by atoms with Gasteiger partial charge in [0.2, 0.25) is 5.88 Å². The first-order valence-corrected chi connectivity index (χ1v) is 18.8. The molecule has 2 aliphatic heterocycles. The van der Waals surface area contributed by atoms with Crippen LogP contribution in [0.1, 0.15) is 6.92 Å². The normalized spacial score (nSPS) is 19.3. The van der Waals surface area contributed by atoms with E-state index in [0.717, 1.165) is 18.3 Å². The first-order valence-electron chi connectivity index (χ1n) is 9.42. The van der Waals surface area contributed by atoms with Crippen molar-refractivity contribution in [2.75, 3.05) is 36.0 Å². The van der Waals surface area contributed by atoms with Crippen molar-refractivity contribution in [1.29, 1.82) is 0 Å². The summed E-state index contributed by atoms with van der Waals surface area (Å²) in [6.07, 6.45) is 2.44. The van der Waals surface area contributed by atoms with Crippen LogP contribution in [0.15, 0.2) is 46.2 Å². The molecule has 31 heavy (non-hydrogen) atoms. The van der Waals surface area contributed by atoms with Gasteiger partial charge in [-0.2, -0.15) is 4.37 Å². The zero-order valence-corrected chi connectivity index (χ0v) is 21.8. The summed E-state index contributed by atoms with van der Waals surface area (Å²) < 4.78 is 37.4. The topological polar surface area (TPSA) is 67.8 Å². The van der Waals surface area contributed by atoms with Gasteiger partial charge in [-0.3, -0.25) is 0 Å². The standard InChI is InChI=1S/C20H20FI2N4O3S/c1-3-13-9-26(11-17(13)23-22-4-2)18-6-5-14(7-16(18)21)27-10-15(30-20(27)28)12-29-19-8-24-31-25-19/h3-8,15H,1,9-12H2,2H3/q-1/t15-/m1/s1. The van der Waals surface area contributed by atoms with E-state index >= 15 is 4.39 Å². The maximum atomic E-state index is 15.0. The van der Waals surface area contributed by atoms with Crippen LogP contribution in [0.2, 0.25) is 0 Å². The van der Waals surface area contributed by atoms with Crippen LogP contribution < -0.4 is 31.8 Å². The van der Waals surface area contributed by atoms with Crippen LogP contribution >= 0.6 is 28.5 Å². The van der Waals surface area contributed by atoms with Gasteiger partial charge < -0.3 is 0 Å². The van der Waals surface area contributed by atoms with Crippen LogP contribution in [0.4, 0.5) is 20.6 Å². The van der Waals surface area contributed by atoms with Crippen molar-refractivity contribution < 1.29 is 35.9 Å². The molecule has 2 aliphatic rings. The van der Waals surface area contributed by atoms with Gasteiger partial charge in [-0.1, -0.05) is 0 Å². The van der Waals surface area contributed by atoms with Gasteiger partial charge in [-0.05, 0) is 0 Å². The second kappa shape index (κ2) is 10.3. The van der Waals surface area contributed by atoms with E-state index in [0.29, 0.717) is 23.8 Å². The van der Waals surface area contributed by atoms with E-state index in [1.165, 1.54) is 26.3 Å². The minimum atomic E-state index is -0.513. The molecule has 0 spiro atoms. The predicted molar refractivity (Wildman–Crippen MR) is 125 cm³/mol. The van der Waals surface area contributed by atoms with Crippen LogP contribution in [0, 0.1) is 5.82 Å². The molecule has 0 saturated carbocycles. The molecule has 3 heterocycles. The van der Waals surface area contributed by atoms with Gasteiger partial charge in [0.05, 0.1) is 11.7 Å². The quantitative estimate of drug-likeness (QED) is 0.394. The van der Waals surface area contributed by atoms with Gasteiger partial charge in [-0.25, -0.2) is 0 Å². The van der Waals surface area contributed by atoms with Crippen molar-refractivity contribution in [2.24, 2.45) is 0 Å². The summed E-state index contributed by atoms with van der Waals surface area (Å²) in [7, 11) is 0. The van der Waals surface area contributed by atoms with Gasteiger partial charge in [0, 0.05) is 0 Å². The number of cyclic esters (lactones) is 1. The molecule has 11 heteroatoms. The van der Waals surface area contributed by atoms with Crippen LogP contribution in [-0.2, 0) is 4.74 Å². The summed E-state index contributed by atoms with van der Waals surface area (Å²) in [4.78, 5) is 15.8. The van der Waals surface area contributed by atoms with E-state index in [4.69, 9.17) is 9.47 Å². The second-order valence-electron chi connectivity index (χ2n) is 6.67. The van der Waals surface area contributed by atoms with E-state index in [9.17, 15) is 4.79 Å². The number of hydrogen-bond acceptors (Lipinski definition) is 7. The van der Waals surface area contributed by atoms with E-state index < -0.39 is 12.2 Å². The van der Waals surface area contributed by atoms with E-state index in [1.54, 1.807) is 12.1 Å². The second-order valence-corrected chi connectivity index (χ2v) is 16.5. The Hall–Kier alpha value is -1.61. The third-order valence-electron chi connectivity index (χ3n) is 4.71. The SMILES string of the molecule is C=CC1=C([I-]I=CC)CN(c2ccc(N3C[C@H](COc4cnsn4)OC3=O)cc2F)C1. The van der Waals surface area contributed by atoms with Gasteiger partial charge in [0.25, 0.3) is 0 Å². The number of ether oxygens (including phenoxy) is 2. The van der Waals surface area contributed by atoms with E-state index in [2.05, 4.69) is 26.3 Å².